The molecule has 1 aliphatic heterocycles. The smallest absolute Gasteiger partial charge is 0.408 e. The molecule has 182 valence electrons. The molecule has 1 saturated carbocycles. The van der Waals surface area contributed by atoms with E-state index >= 15 is 0 Å². The second-order valence-electron chi connectivity index (χ2n) is 10.1. The maximum Gasteiger partial charge on any atom is 0.408 e. The van der Waals surface area contributed by atoms with Gasteiger partial charge in [0.05, 0.1) is 10.5 Å². The van der Waals surface area contributed by atoms with Gasteiger partial charge in [-0.3, -0.25) is 10.1 Å². The van der Waals surface area contributed by atoms with E-state index in [1.165, 1.54) is 12.5 Å². The summed E-state index contributed by atoms with van der Waals surface area (Å²) in [5, 5.41) is 17.8. The minimum absolute atomic E-state index is 0.0631. The first-order valence-electron chi connectivity index (χ1n) is 11.9. The molecule has 0 unspecified atom stereocenters. The molecule has 2 fully saturated rings. The zero-order valence-corrected chi connectivity index (χ0v) is 20.1. The van der Waals surface area contributed by atoms with Crippen molar-refractivity contribution >= 4 is 29.1 Å². The molecule has 1 aliphatic carbocycles. The minimum atomic E-state index is -0.562. The van der Waals surface area contributed by atoms with Crippen molar-refractivity contribution in [3.63, 3.8) is 0 Å². The van der Waals surface area contributed by atoms with Gasteiger partial charge in [-0.15, -0.1) is 0 Å². The van der Waals surface area contributed by atoms with Crippen LogP contribution < -0.4 is 15.5 Å². The van der Waals surface area contributed by atoms with Crippen LogP contribution in [-0.4, -0.2) is 34.7 Å². The van der Waals surface area contributed by atoms with E-state index < -0.39 is 22.2 Å². The van der Waals surface area contributed by atoms with Gasteiger partial charge in [0.25, 0.3) is 0 Å². The molecule has 1 aromatic heterocycles. The molecule has 2 aliphatic rings. The summed E-state index contributed by atoms with van der Waals surface area (Å²) in [6.07, 6.45) is 5.67. The summed E-state index contributed by atoms with van der Waals surface area (Å²) >= 11 is 0. The van der Waals surface area contributed by atoms with Crippen molar-refractivity contribution in [2.75, 3.05) is 23.3 Å². The van der Waals surface area contributed by atoms with Crippen LogP contribution in [0.2, 0.25) is 0 Å². The summed E-state index contributed by atoms with van der Waals surface area (Å²) < 4.78 is 5.45. The summed E-state index contributed by atoms with van der Waals surface area (Å²) in [7, 11) is 0. The van der Waals surface area contributed by atoms with E-state index in [-0.39, 0.29) is 11.5 Å². The first-order chi connectivity index (χ1) is 16.2. The third-order valence-corrected chi connectivity index (χ3v) is 6.38. The average Bonchev–Trinajstić information content (AvgIpc) is 2.76. The van der Waals surface area contributed by atoms with Crippen molar-refractivity contribution < 1.29 is 14.5 Å². The van der Waals surface area contributed by atoms with E-state index in [0.717, 1.165) is 56.6 Å². The number of carbonyl (C=O) groups excluding carboxylic acids is 1. The fourth-order valence-corrected chi connectivity index (χ4v) is 4.50. The van der Waals surface area contributed by atoms with Crippen LogP contribution in [0.1, 0.15) is 64.9 Å². The predicted octanol–water partition coefficient (Wildman–Crippen LogP) is 5.63. The normalized spacial score (nSPS) is 17.4. The molecule has 0 bridgehead atoms. The third kappa shape index (κ3) is 5.40. The van der Waals surface area contributed by atoms with Gasteiger partial charge in [0.15, 0.2) is 0 Å². The lowest BCUT2D eigenvalue weighted by Gasteiger charge is -2.43. The van der Waals surface area contributed by atoms with Crippen LogP contribution in [0, 0.1) is 10.1 Å². The van der Waals surface area contributed by atoms with Gasteiger partial charge in [-0.25, -0.2) is 9.78 Å². The van der Waals surface area contributed by atoms with E-state index in [9.17, 15) is 14.9 Å². The third-order valence-electron chi connectivity index (χ3n) is 6.38. The van der Waals surface area contributed by atoms with Gasteiger partial charge in [0, 0.05) is 24.8 Å². The predicted molar refractivity (Wildman–Crippen MR) is 132 cm³/mol. The van der Waals surface area contributed by atoms with Gasteiger partial charge < -0.3 is 20.3 Å². The van der Waals surface area contributed by atoms with Crippen molar-refractivity contribution in [3.05, 3.63) is 52.1 Å². The molecule has 9 nitrogen and oxygen atoms in total. The molecule has 4 rings (SSSR count). The number of carbonyl (C=O) groups is 1. The maximum atomic E-state index is 12.4. The average molecular weight is 468 g/mol. The van der Waals surface area contributed by atoms with Crippen molar-refractivity contribution in [2.24, 2.45) is 0 Å². The highest BCUT2D eigenvalue weighted by Gasteiger charge is 2.41. The number of amides is 1. The summed E-state index contributed by atoms with van der Waals surface area (Å²) in [5.41, 5.74) is 0.612. The lowest BCUT2D eigenvalue weighted by atomic mass is 9.72. The number of ether oxygens (including phenoxy) is 1. The van der Waals surface area contributed by atoms with Crippen molar-refractivity contribution in [1.82, 2.24) is 10.3 Å². The fraction of sp³-hybridized carbons (Fsp3) is 0.520. The second-order valence-corrected chi connectivity index (χ2v) is 10.1. The molecular formula is C25H33N5O4. The highest BCUT2D eigenvalue weighted by molar-refractivity contribution is 5.70. The first kappa shape index (κ1) is 23.8. The number of pyridine rings is 1. The Kier molecular flexibility index (Phi) is 6.63. The van der Waals surface area contributed by atoms with Crippen LogP contribution in [0.25, 0.3) is 0 Å². The van der Waals surface area contributed by atoms with Gasteiger partial charge in [-0.05, 0) is 83.1 Å². The van der Waals surface area contributed by atoms with E-state index in [1.807, 2.05) is 45.0 Å². The van der Waals surface area contributed by atoms with Gasteiger partial charge in [-0.1, -0.05) is 12.1 Å². The number of nitrogens with one attached hydrogen (secondary N) is 2. The number of rotatable bonds is 6. The largest absolute Gasteiger partial charge is 0.444 e. The van der Waals surface area contributed by atoms with Crippen LogP contribution in [0.4, 0.5) is 27.8 Å². The Hall–Kier alpha value is -3.36. The van der Waals surface area contributed by atoms with Crippen LogP contribution in [0.15, 0.2) is 36.4 Å². The molecule has 9 heteroatoms. The highest BCUT2D eigenvalue weighted by Crippen LogP contribution is 2.42. The molecule has 1 saturated heterocycles. The lowest BCUT2D eigenvalue weighted by Crippen LogP contribution is -2.52. The topological polar surface area (TPSA) is 110 Å². The SMILES string of the molecule is CC(C)(C)OC(=O)NC1(c2ccc(Nc3nc(N4CCCCC4)ccc3[N+](=O)[O-])cc2)CCC1. The van der Waals surface area contributed by atoms with Crippen LogP contribution in [-0.2, 0) is 10.3 Å². The Morgan fingerprint density at radius 1 is 1.06 bits per heavy atom. The Balaban J connectivity index is 1.52. The van der Waals surface area contributed by atoms with Gasteiger partial charge in [0.2, 0.25) is 5.82 Å². The number of anilines is 3. The molecule has 0 spiro atoms. The van der Waals surface area contributed by atoms with Gasteiger partial charge in [-0.2, -0.15) is 0 Å². The molecule has 0 radical (unpaired) electrons. The molecule has 2 aromatic rings. The van der Waals surface area contributed by atoms with Crippen LogP contribution >= 0.6 is 0 Å². The molecule has 0 atom stereocenters. The van der Waals surface area contributed by atoms with Crippen molar-refractivity contribution in [3.8, 4) is 0 Å². The summed E-state index contributed by atoms with van der Waals surface area (Å²) in [6, 6.07) is 10.9. The first-order valence-corrected chi connectivity index (χ1v) is 11.9. The Labute approximate surface area is 200 Å². The number of benzene rings is 1. The molecule has 1 amide bonds. The van der Waals surface area contributed by atoms with E-state index in [1.54, 1.807) is 6.07 Å². The number of aromatic nitrogens is 1. The standard InChI is InChI=1S/C25H33N5O4/c1-24(2,3)34-23(31)28-25(14-7-15-25)18-8-10-19(11-9-18)26-22-20(30(32)33)12-13-21(27-22)29-16-5-4-6-17-29/h8-13H,4-7,14-17H2,1-3H3,(H,26,27)(H,28,31). The van der Waals surface area contributed by atoms with E-state index in [0.29, 0.717) is 5.69 Å². The van der Waals surface area contributed by atoms with Gasteiger partial charge >= 0.3 is 11.8 Å². The second kappa shape index (κ2) is 9.48. The Morgan fingerprint density at radius 3 is 2.29 bits per heavy atom. The number of hydrogen-bond acceptors (Lipinski definition) is 7. The number of nitrogens with zero attached hydrogens (tertiary/aromatic N) is 3. The maximum absolute atomic E-state index is 12.4. The summed E-state index contributed by atoms with van der Waals surface area (Å²) in [4.78, 5) is 30.3. The van der Waals surface area contributed by atoms with Crippen molar-refractivity contribution in [2.45, 2.75) is 70.4 Å². The van der Waals surface area contributed by atoms with Crippen molar-refractivity contribution in [1.29, 1.82) is 0 Å². The Bertz CT molecular complexity index is 1040. The molecular weight excluding hydrogens is 434 g/mol. The minimum Gasteiger partial charge on any atom is -0.444 e. The Morgan fingerprint density at radius 2 is 1.74 bits per heavy atom. The van der Waals surface area contributed by atoms with Gasteiger partial charge in [0.1, 0.15) is 11.4 Å². The summed E-state index contributed by atoms with van der Waals surface area (Å²) in [6.45, 7) is 7.34. The molecule has 2 heterocycles. The number of hydrogen-bond donors (Lipinski definition) is 2. The number of nitro groups is 1. The fourth-order valence-electron chi connectivity index (χ4n) is 4.50. The zero-order chi connectivity index (χ0) is 24.3. The van der Waals surface area contributed by atoms with Crippen LogP contribution in [0.5, 0.6) is 0 Å². The van der Waals surface area contributed by atoms with E-state index in [4.69, 9.17) is 4.74 Å². The van der Waals surface area contributed by atoms with E-state index in [2.05, 4.69) is 20.5 Å². The molecule has 1 aromatic carbocycles. The monoisotopic (exact) mass is 467 g/mol. The highest BCUT2D eigenvalue weighted by atomic mass is 16.6. The molecule has 2 N–H and O–H groups in total. The zero-order valence-electron chi connectivity index (χ0n) is 20.1. The quantitative estimate of drug-likeness (QED) is 0.419. The number of piperidine rings is 1. The summed E-state index contributed by atoms with van der Waals surface area (Å²) in [5.74, 6) is 0.977. The van der Waals surface area contributed by atoms with Crippen LogP contribution in [0.3, 0.4) is 0 Å². The lowest BCUT2D eigenvalue weighted by molar-refractivity contribution is -0.384. The number of alkyl carbamates (subject to hydrolysis) is 1. The molecule has 34 heavy (non-hydrogen) atoms.